The van der Waals surface area contributed by atoms with E-state index in [1.165, 1.54) is 19.1 Å². The average Bonchev–Trinajstić information content (AvgIpc) is 2.11. The standard InChI is InChI=1S/C10H11ClFNO/c1-6(14)10(13)5-7-2-3-8(11)9(12)4-7/h2-4,10H,5,13H2,1H3. The highest BCUT2D eigenvalue weighted by Gasteiger charge is 2.10. The zero-order chi connectivity index (χ0) is 10.7. The van der Waals surface area contributed by atoms with Crippen molar-refractivity contribution in [1.29, 1.82) is 0 Å². The minimum absolute atomic E-state index is 0.0742. The van der Waals surface area contributed by atoms with Gasteiger partial charge in [0.05, 0.1) is 11.1 Å². The Bertz CT molecular complexity index is 354. The van der Waals surface area contributed by atoms with Gasteiger partial charge in [-0.1, -0.05) is 17.7 Å². The maximum atomic E-state index is 13.0. The van der Waals surface area contributed by atoms with Gasteiger partial charge < -0.3 is 5.73 Å². The predicted molar refractivity (Wildman–Crippen MR) is 53.8 cm³/mol. The molecule has 14 heavy (non-hydrogen) atoms. The van der Waals surface area contributed by atoms with Gasteiger partial charge in [-0.05, 0) is 31.0 Å². The summed E-state index contributed by atoms with van der Waals surface area (Å²) in [6.45, 7) is 1.41. The van der Waals surface area contributed by atoms with Crippen molar-refractivity contribution in [3.63, 3.8) is 0 Å². The molecule has 0 amide bonds. The van der Waals surface area contributed by atoms with Gasteiger partial charge in [0, 0.05) is 0 Å². The molecule has 1 atom stereocenters. The zero-order valence-electron chi connectivity index (χ0n) is 7.76. The Kier molecular flexibility index (Phi) is 3.61. The lowest BCUT2D eigenvalue weighted by molar-refractivity contribution is -0.118. The number of Topliss-reactive ketones (excluding diaryl/α,β-unsaturated/α-hetero) is 1. The van der Waals surface area contributed by atoms with E-state index in [0.29, 0.717) is 12.0 Å². The molecule has 1 unspecified atom stereocenters. The highest BCUT2D eigenvalue weighted by Crippen LogP contribution is 2.16. The molecule has 0 saturated carbocycles. The summed E-state index contributed by atoms with van der Waals surface area (Å²) in [5, 5.41) is 0.0742. The third kappa shape index (κ3) is 2.79. The molecule has 0 aliphatic heterocycles. The van der Waals surface area contributed by atoms with Crippen LogP contribution in [0.3, 0.4) is 0 Å². The van der Waals surface area contributed by atoms with Gasteiger partial charge in [-0.2, -0.15) is 0 Å². The molecule has 4 heteroatoms. The molecule has 1 aromatic carbocycles. The van der Waals surface area contributed by atoms with Crippen LogP contribution in [-0.2, 0) is 11.2 Å². The summed E-state index contributed by atoms with van der Waals surface area (Å²) in [6, 6.07) is 3.84. The molecule has 1 aromatic rings. The topological polar surface area (TPSA) is 43.1 Å². The van der Waals surface area contributed by atoms with Gasteiger partial charge in [-0.3, -0.25) is 4.79 Å². The normalized spacial score (nSPS) is 12.6. The van der Waals surface area contributed by atoms with Gasteiger partial charge in [0.25, 0.3) is 0 Å². The summed E-state index contributed by atoms with van der Waals surface area (Å²) in [5.74, 6) is -0.597. The monoisotopic (exact) mass is 215 g/mol. The average molecular weight is 216 g/mol. The van der Waals surface area contributed by atoms with E-state index in [2.05, 4.69) is 0 Å². The van der Waals surface area contributed by atoms with Crippen molar-refractivity contribution in [2.75, 3.05) is 0 Å². The fraction of sp³-hybridized carbons (Fsp3) is 0.300. The number of nitrogens with two attached hydrogens (primary N) is 1. The Balaban J connectivity index is 2.78. The van der Waals surface area contributed by atoms with E-state index in [-0.39, 0.29) is 10.8 Å². The van der Waals surface area contributed by atoms with E-state index >= 15 is 0 Å². The molecule has 0 aliphatic rings. The van der Waals surface area contributed by atoms with E-state index in [1.807, 2.05) is 0 Å². The number of rotatable bonds is 3. The second-order valence-electron chi connectivity index (χ2n) is 3.17. The Morgan fingerprint density at radius 1 is 1.64 bits per heavy atom. The summed E-state index contributed by atoms with van der Waals surface area (Å²) in [7, 11) is 0. The van der Waals surface area contributed by atoms with Crippen molar-refractivity contribution in [2.45, 2.75) is 19.4 Å². The van der Waals surface area contributed by atoms with Crippen LogP contribution in [0, 0.1) is 5.82 Å². The lowest BCUT2D eigenvalue weighted by Gasteiger charge is -2.07. The lowest BCUT2D eigenvalue weighted by Crippen LogP contribution is -2.30. The van der Waals surface area contributed by atoms with Crippen LogP contribution in [0.2, 0.25) is 5.02 Å². The van der Waals surface area contributed by atoms with E-state index in [1.54, 1.807) is 6.07 Å². The van der Waals surface area contributed by atoms with Crippen LogP contribution in [0.15, 0.2) is 18.2 Å². The molecule has 0 heterocycles. The second-order valence-corrected chi connectivity index (χ2v) is 3.58. The van der Waals surface area contributed by atoms with Crippen molar-refractivity contribution in [3.05, 3.63) is 34.6 Å². The van der Waals surface area contributed by atoms with E-state index in [0.717, 1.165) is 0 Å². The molecule has 0 spiro atoms. The molecular weight excluding hydrogens is 205 g/mol. The van der Waals surface area contributed by atoms with Crippen molar-refractivity contribution in [1.82, 2.24) is 0 Å². The van der Waals surface area contributed by atoms with Crippen LogP contribution in [0.4, 0.5) is 4.39 Å². The molecule has 0 radical (unpaired) electrons. The summed E-state index contributed by atoms with van der Waals surface area (Å²) in [5.41, 5.74) is 6.21. The first kappa shape index (κ1) is 11.1. The largest absolute Gasteiger partial charge is 0.321 e. The molecule has 0 bridgehead atoms. The van der Waals surface area contributed by atoms with Gasteiger partial charge in [0.1, 0.15) is 11.6 Å². The third-order valence-electron chi connectivity index (χ3n) is 1.96. The van der Waals surface area contributed by atoms with Crippen LogP contribution in [-0.4, -0.2) is 11.8 Å². The van der Waals surface area contributed by atoms with Crippen molar-refractivity contribution in [3.8, 4) is 0 Å². The molecule has 2 nitrogen and oxygen atoms in total. The molecule has 0 saturated heterocycles. The van der Waals surface area contributed by atoms with Gasteiger partial charge in [0.15, 0.2) is 0 Å². The SMILES string of the molecule is CC(=O)C(N)Cc1ccc(Cl)c(F)c1. The zero-order valence-corrected chi connectivity index (χ0v) is 8.51. The van der Waals surface area contributed by atoms with Crippen LogP contribution >= 0.6 is 11.6 Å². The quantitative estimate of drug-likeness (QED) is 0.838. The van der Waals surface area contributed by atoms with Crippen molar-refractivity contribution < 1.29 is 9.18 Å². The smallest absolute Gasteiger partial charge is 0.146 e. The van der Waals surface area contributed by atoms with Crippen LogP contribution in [0.1, 0.15) is 12.5 Å². The Morgan fingerprint density at radius 2 is 2.29 bits per heavy atom. The highest BCUT2D eigenvalue weighted by atomic mass is 35.5. The second kappa shape index (κ2) is 4.53. The number of ketones is 1. The minimum Gasteiger partial charge on any atom is -0.321 e. The fourth-order valence-corrected chi connectivity index (χ4v) is 1.18. The van der Waals surface area contributed by atoms with Gasteiger partial charge in [-0.25, -0.2) is 4.39 Å². The number of benzene rings is 1. The van der Waals surface area contributed by atoms with E-state index in [4.69, 9.17) is 17.3 Å². The number of carbonyl (C=O) groups is 1. The maximum Gasteiger partial charge on any atom is 0.146 e. The first-order chi connectivity index (χ1) is 6.50. The van der Waals surface area contributed by atoms with Gasteiger partial charge >= 0.3 is 0 Å². The Labute approximate surface area is 86.9 Å². The third-order valence-corrected chi connectivity index (χ3v) is 2.27. The number of hydrogen-bond donors (Lipinski definition) is 1. The summed E-state index contributed by atoms with van der Waals surface area (Å²) in [4.78, 5) is 10.9. The first-order valence-corrected chi connectivity index (χ1v) is 4.58. The van der Waals surface area contributed by atoms with E-state index < -0.39 is 11.9 Å². The Hall–Kier alpha value is -0.930. The molecule has 2 N–H and O–H groups in total. The van der Waals surface area contributed by atoms with Crippen LogP contribution < -0.4 is 5.73 Å². The summed E-state index contributed by atoms with van der Waals surface area (Å²) >= 11 is 5.51. The summed E-state index contributed by atoms with van der Waals surface area (Å²) < 4.78 is 13.0. The molecule has 76 valence electrons. The van der Waals surface area contributed by atoms with Crippen molar-refractivity contribution >= 4 is 17.4 Å². The first-order valence-electron chi connectivity index (χ1n) is 4.20. The number of halogens is 2. The van der Waals surface area contributed by atoms with Crippen molar-refractivity contribution in [2.24, 2.45) is 5.73 Å². The molecule has 0 aliphatic carbocycles. The minimum atomic E-state index is -0.574. The van der Waals surface area contributed by atoms with E-state index in [9.17, 15) is 9.18 Å². The van der Waals surface area contributed by atoms with Gasteiger partial charge in [0.2, 0.25) is 0 Å². The highest BCUT2D eigenvalue weighted by molar-refractivity contribution is 6.30. The molecule has 1 rings (SSSR count). The van der Waals surface area contributed by atoms with Crippen LogP contribution in [0.5, 0.6) is 0 Å². The number of carbonyl (C=O) groups excluding carboxylic acids is 1. The molecular formula is C10H11ClFNO. The maximum absolute atomic E-state index is 13.0. The molecule has 0 fully saturated rings. The lowest BCUT2D eigenvalue weighted by atomic mass is 10.0. The van der Waals surface area contributed by atoms with Crippen LogP contribution in [0.25, 0.3) is 0 Å². The summed E-state index contributed by atoms with van der Waals surface area (Å²) in [6.07, 6.45) is 0.337. The Morgan fingerprint density at radius 3 is 2.79 bits per heavy atom. The molecule has 0 aromatic heterocycles. The predicted octanol–water partition coefficient (Wildman–Crippen LogP) is 1.94. The number of hydrogen-bond acceptors (Lipinski definition) is 2. The fourth-order valence-electron chi connectivity index (χ4n) is 1.06. The van der Waals surface area contributed by atoms with Gasteiger partial charge in [-0.15, -0.1) is 0 Å².